The smallest absolute Gasteiger partial charge is 0.191 e. The van der Waals surface area contributed by atoms with E-state index in [4.69, 9.17) is 0 Å². The molecular formula is C21H21N3OS. The molecule has 1 aromatic heterocycles. The average molecular weight is 363 g/mol. The van der Waals surface area contributed by atoms with Gasteiger partial charge in [0.25, 0.3) is 0 Å². The molecule has 0 bridgehead atoms. The van der Waals surface area contributed by atoms with Crippen molar-refractivity contribution < 1.29 is 4.79 Å². The van der Waals surface area contributed by atoms with Crippen molar-refractivity contribution in [2.45, 2.75) is 31.3 Å². The Kier molecular flexibility index (Phi) is 4.64. The summed E-state index contributed by atoms with van der Waals surface area (Å²) in [4.78, 5) is 12.6. The minimum absolute atomic E-state index is 0.144. The molecule has 132 valence electrons. The Balaban J connectivity index is 1.49. The molecule has 1 heterocycles. The highest BCUT2D eigenvalue weighted by atomic mass is 32.2. The molecule has 1 aliphatic rings. The molecule has 0 amide bonds. The Morgan fingerprint density at radius 3 is 2.77 bits per heavy atom. The first-order chi connectivity index (χ1) is 12.6. The van der Waals surface area contributed by atoms with Crippen LogP contribution in [-0.4, -0.2) is 26.3 Å². The molecular weight excluding hydrogens is 342 g/mol. The molecule has 2 aromatic carbocycles. The van der Waals surface area contributed by atoms with Gasteiger partial charge in [0.2, 0.25) is 0 Å². The third-order valence-electron chi connectivity index (χ3n) is 4.97. The summed E-state index contributed by atoms with van der Waals surface area (Å²) in [6, 6.07) is 14.3. The van der Waals surface area contributed by atoms with Crippen LogP contribution in [0.25, 0.3) is 11.4 Å². The molecule has 0 atom stereocenters. The molecule has 0 saturated heterocycles. The van der Waals surface area contributed by atoms with Gasteiger partial charge in [-0.25, -0.2) is 0 Å². The number of thioether (sulfide) groups is 1. The lowest BCUT2D eigenvalue weighted by Gasteiger charge is -2.07. The van der Waals surface area contributed by atoms with E-state index in [1.807, 2.05) is 35.9 Å². The fraction of sp³-hybridized carbons (Fsp3) is 0.286. The summed E-state index contributed by atoms with van der Waals surface area (Å²) in [5.74, 6) is 1.35. The van der Waals surface area contributed by atoms with Gasteiger partial charge in [0.05, 0.1) is 5.75 Å². The highest BCUT2D eigenvalue weighted by Gasteiger charge is 2.17. The van der Waals surface area contributed by atoms with E-state index in [2.05, 4.69) is 35.3 Å². The van der Waals surface area contributed by atoms with Crippen LogP contribution < -0.4 is 0 Å². The first-order valence-corrected chi connectivity index (χ1v) is 9.85. The monoisotopic (exact) mass is 363 g/mol. The highest BCUT2D eigenvalue weighted by Crippen LogP contribution is 2.27. The number of hydrogen-bond donors (Lipinski definition) is 0. The van der Waals surface area contributed by atoms with Crippen LogP contribution in [0.15, 0.2) is 47.6 Å². The molecule has 4 rings (SSSR count). The first kappa shape index (κ1) is 17.0. The van der Waals surface area contributed by atoms with Crippen molar-refractivity contribution in [3.05, 3.63) is 64.7 Å². The van der Waals surface area contributed by atoms with Crippen molar-refractivity contribution in [3.8, 4) is 11.4 Å². The number of carbonyl (C=O) groups excluding carboxylic acids is 1. The van der Waals surface area contributed by atoms with Gasteiger partial charge in [-0.2, -0.15) is 0 Å². The Bertz CT molecular complexity index is 977. The predicted molar refractivity (Wildman–Crippen MR) is 105 cm³/mol. The van der Waals surface area contributed by atoms with Crippen molar-refractivity contribution in [1.29, 1.82) is 0 Å². The molecule has 1 aliphatic carbocycles. The molecule has 0 radical (unpaired) electrons. The lowest BCUT2D eigenvalue weighted by atomic mass is 10.0. The molecule has 3 aromatic rings. The molecule has 26 heavy (non-hydrogen) atoms. The summed E-state index contributed by atoms with van der Waals surface area (Å²) in [7, 11) is 1.95. The van der Waals surface area contributed by atoms with E-state index < -0.39 is 0 Å². The van der Waals surface area contributed by atoms with Crippen LogP contribution in [0.3, 0.4) is 0 Å². The number of benzene rings is 2. The van der Waals surface area contributed by atoms with Gasteiger partial charge in [-0.05, 0) is 48.9 Å². The van der Waals surface area contributed by atoms with E-state index in [1.165, 1.54) is 29.3 Å². The zero-order chi connectivity index (χ0) is 18.1. The summed E-state index contributed by atoms with van der Waals surface area (Å²) >= 11 is 1.44. The van der Waals surface area contributed by atoms with Crippen LogP contribution in [0.2, 0.25) is 0 Å². The summed E-state index contributed by atoms with van der Waals surface area (Å²) in [5, 5.41) is 9.37. The normalized spacial score (nSPS) is 13.0. The second-order valence-corrected chi connectivity index (χ2v) is 7.67. The van der Waals surface area contributed by atoms with Gasteiger partial charge >= 0.3 is 0 Å². The first-order valence-electron chi connectivity index (χ1n) is 8.86. The molecule has 0 spiro atoms. The Hall–Kier alpha value is -2.40. The molecule has 5 heteroatoms. The third-order valence-corrected chi connectivity index (χ3v) is 5.99. The van der Waals surface area contributed by atoms with Crippen molar-refractivity contribution in [1.82, 2.24) is 14.8 Å². The molecule has 0 aliphatic heterocycles. The van der Waals surface area contributed by atoms with Crippen molar-refractivity contribution >= 4 is 17.5 Å². The number of carbonyl (C=O) groups is 1. The van der Waals surface area contributed by atoms with Gasteiger partial charge in [-0.1, -0.05) is 48.2 Å². The fourth-order valence-corrected chi connectivity index (χ4v) is 4.26. The van der Waals surface area contributed by atoms with Crippen LogP contribution in [0.1, 0.15) is 33.5 Å². The number of nitrogens with zero attached hydrogens (tertiary/aromatic N) is 3. The largest absolute Gasteiger partial charge is 0.305 e. The van der Waals surface area contributed by atoms with Crippen molar-refractivity contribution in [3.63, 3.8) is 0 Å². The molecule has 4 nitrogen and oxygen atoms in total. The van der Waals surface area contributed by atoms with Gasteiger partial charge < -0.3 is 4.57 Å². The standard InChI is InChI=1S/C21H21N3OS/c1-14-6-3-4-9-18(14)20-22-23-21(24(20)2)26-13-19(25)17-11-10-15-7-5-8-16(15)12-17/h3-4,6,9-12H,5,7-8,13H2,1-2H3. The number of aryl methyl sites for hydroxylation is 3. The van der Waals surface area contributed by atoms with E-state index in [0.717, 1.165) is 40.5 Å². The van der Waals surface area contributed by atoms with Gasteiger partial charge in [0.1, 0.15) is 0 Å². The van der Waals surface area contributed by atoms with Crippen LogP contribution in [0.4, 0.5) is 0 Å². The lowest BCUT2D eigenvalue weighted by Crippen LogP contribution is -2.05. The average Bonchev–Trinajstić information content (AvgIpc) is 3.26. The van der Waals surface area contributed by atoms with E-state index in [-0.39, 0.29) is 5.78 Å². The summed E-state index contributed by atoms with van der Waals surface area (Å²) in [6.45, 7) is 2.06. The highest BCUT2D eigenvalue weighted by molar-refractivity contribution is 7.99. The molecule has 0 unspecified atom stereocenters. The Morgan fingerprint density at radius 2 is 1.92 bits per heavy atom. The van der Waals surface area contributed by atoms with Crippen LogP contribution in [0.5, 0.6) is 0 Å². The SMILES string of the molecule is Cc1ccccc1-c1nnc(SCC(=O)c2ccc3c(c2)CCC3)n1C. The van der Waals surface area contributed by atoms with Gasteiger partial charge in [-0.3, -0.25) is 4.79 Å². The second kappa shape index (κ2) is 7.08. The summed E-state index contributed by atoms with van der Waals surface area (Å²) in [5.41, 5.74) is 5.76. The maximum absolute atomic E-state index is 12.6. The van der Waals surface area contributed by atoms with Crippen LogP contribution >= 0.6 is 11.8 Å². The maximum atomic E-state index is 12.6. The Morgan fingerprint density at radius 1 is 1.12 bits per heavy atom. The summed E-state index contributed by atoms with van der Waals surface area (Å²) in [6.07, 6.45) is 3.42. The molecule has 0 N–H and O–H groups in total. The second-order valence-electron chi connectivity index (χ2n) is 6.73. The lowest BCUT2D eigenvalue weighted by molar-refractivity contribution is 0.102. The van der Waals surface area contributed by atoms with E-state index in [1.54, 1.807) is 0 Å². The number of aromatic nitrogens is 3. The number of fused-ring (bicyclic) bond motifs is 1. The zero-order valence-electron chi connectivity index (χ0n) is 15.0. The maximum Gasteiger partial charge on any atom is 0.191 e. The molecule has 0 fully saturated rings. The molecule has 0 saturated carbocycles. The third kappa shape index (κ3) is 3.19. The van der Waals surface area contributed by atoms with Crippen molar-refractivity contribution in [2.75, 3.05) is 5.75 Å². The Labute approximate surface area is 157 Å². The van der Waals surface area contributed by atoms with E-state index in [9.17, 15) is 4.79 Å². The summed E-state index contributed by atoms with van der Waals surface area (Å²) < 4.78 is 1.96. The number of rotatable bonds is 5. The fourth-order valence-electron chi connectivity index (χ4n) is 3.46. The quantitative estimate of drug-likeness (QED) is 0.502. The zero-order valence-corrected chi connectivity index (χ0v) is 15.8. The van der Waals surface area contributed by atoms with Gasteiger partial charge in [0, 0.05) is 18.2 Å². The minimum Gasteiger partial charge on any atom is -0.305 e. The topological polar surface area (TPSA) is 47.8 Å². The number of hydrogen-bond acceptors (Lipinski definition) is 4. The minimum atomic E-state index is 0.144. The van der Waals surface area contributed by atoms with Gasteiger partial charge in [-0.15, -0.1) is 10.2 Å². The van der Waals surface area contributed by atoms with Crippen molar-refractivity contribution in [2.24, 2.45) is 7.05 Å². The van der Waals surface area contributed by atoms with Crippen LogP contribution in [-0.2, 0) is 19.9 Å². The number of Topliss-reactive ketones (excluding diaryl/α,β-unsaturated/α-hetero) is 1. The predicted octanol–water partition coefficient (Wildman–Crippen LogP) is 4.25. The van der Waals surface area contributed by atoms with E-state index in [0.29, 0.717) is 5.75 Å². The van der Waals surface area contributed by atoms with E-state index >= 15 is 0 Å². The van der Waals surface area contributed by atoms with Gasteiger partial charge in [0.15, 0.2) is 16.8 Å². The number of ketones is 1. The van der Waals surface area contributed by atoms with Crippen LogP contribution in [0, 0.1) is 6.92 Å².